The first-order chi connectivity index (χ1) is 18.0. The predicted octanol–water partition coefficient (Wildman–Crippen LogP) is 2.79. The zero-order valence-corrected chi connectivity index (χ0v) is 20.0. The standard InChI is InChI=1S/C27H24N4O6/c1-2-20(26(34)29-18-9-10-22-23(12-18)37-16-36-22)30(14-17-6-5-11-28-13-17)24(32)15-31-21-8-4-3-7-19(21)25(33)27(31)35/h3-13,20H,2,14-16H2,1H3,(H,29,34)/t20-/m1/s1. The van der Waals surface area contributed by atoms with Crippen LogP contribution in [0.5, 0.6) is 11.5 Å². The Morgan fingerprint density at radius 1 is 1.08 bits per heavy atom. The maximum Gasteiger partial charge on any atom is 0.299 e. The summed E-state index contributed by atoms with van der Waals surface area (Å²) in [5.74, 6) is -1.20. The van der Waals surface area contributed by atoms with Gasteiger partial charge in [0, 0.05) is 30.7 Å². The van der Waals surface area contributed by atoms with Gasteiger partial charge in [0.15, 0.2) is 11.5 Å². The number of hydrogen-bond acceptors (Lipinski definition) is 7. The molecule has 0 spiro atoms. The number of hydrogen-bond donors (Lipinski definition) is 1. The van der Waals surface area contributed by atoms with Crippen LogP contribution in [-0.2, 0) is 20.9 Å². The van der Waals surface area contributed by atoms with Gasteiger partial charge in [-0.1, -0.05) is 25.1 Å². The quantitative estimate of drug-likeness (QED) is 0.473. The third-order valence-electron chi connectivity index (χ3n) is 6.27. The Labute approximate surface area is 212 Å². The molecule has 2 aliphatic rings. The third kappa shape index (κ3) is 4.73. The van der Waals surface area contributed by atoms with Gasteiger partial charge in [0.1, 0.15) is 12.6 Å². The van der Waals surface area contributed by atoms with E-state index in [0.29, 0.717) is 29.3 Å². The van der Waals surface area contributed by atoms with Gasteiger partial charge in [0.25, 0.3) is 11.7 Å². The molecule has 0 radical (unpaired) electrons. The fourth-order valence-electron chi connectivity index (χ4n) is 4.44. The monoisotopic (exact) mass is 500 g/mol. The van der Waals surface area contributed by atoms with E-state index in [4.69, 9.17) is 9.47 Å². The van der Waals surface area contributed by atoms with E-state index in [2.05, 4.69) is 10.3 Å². The fourth-order valence-corrected chi connectivity index (χ4v) is 4.44. The number of Topliss-reactive ketones (excluding diaryl/α,β-unsaturated/α-hetero) is 1. The van der Waals surface area contributed by atoms with E-state index in [1.807, 2.05) is 0 Å². The van der Waals surface area contributed by atoms with Crippen molar-refractivity contribution in [2.75, 3.05) is 23.6 Å². The Balaban J connectivity index is 1.40. The van der Waals surface area contributed by atoms with Gasteiger partial charge >= 0.3 is 0 Å². The number of carbonyl (C=O) groups is 4. The van der Waals surface area contributed by atoms with Gasteiger partial charge in [-0.3, -0.25) is 29.1 Å². The van der Waals surface area contributed by atoms with Crippen LogP contribution in [0.1, 0.15) is 29.3 Å². The van der Waals surface area contributed by atoms with Crippen molar-refractivity contribution in [2.45, 2.75) is 25.9 Å². The zero-order valence-electron chi connectivity index (χ0n) is 20.0. The van der Waals surface area contributed by atoms with Gasteiger partial charge in [-0.2, -0.15) is 0 Å². The Morgan fingerprint density at radius 2 is 1.89 bits per heavy atom. The fraction of sp³-hybridized carbons (Fsp3) is 0.222. The molecule has 0 aliphatic carbocycles. The number of carbonyl (C=O) groups excluding carboxylic acids is 4. The molecule has 1 atom stereocenters. The second kappa shape index (κ2) is 10.1. The Bertz CT molecular complexity index is 1380. The number of fused-ring (bicyclic) bond motifs is 2. The number of para-hydroxylation sites is 1. The molecule has 3 amide bonds. The minimum atomic E-state index is -0.859. The highest BCUT2D eigenvalue weighted by molar-refractivity contribution is 6.52. The van der Waals surface area contributed by atoms with Crippen LogP contribution in [0.3, 0.4) is 0 Å². The van der Waals surface area contributed by atoms with Crippen LogP contribution in [0.4, 0.5) is 11.4 Å². The van der Waals surface area contributed by atoms with Crippen molar-refractivity contribution in [1.82, 2.24) is 9.88 Å². The normalized spacial score (nSPS) is 14.4. The van der Waals surface area contributed by atoms with Crippen molar-refractivity contribution < 1.29 is 28.7 Å². The van der Waals surface area contributed by atoms with Crippen molar-refractivity contribution in [3.8, 4) is 11.5 Å². The van der Waals surface area contributed by atoms with Crippen LogP contribution in [0, 0.1) is 0 Å². The van der Waals surface area contributed by atoms with Gasteiger partial charge in [0.05, 0.1) is 11.3 Å². The molecule has 0 saturated carbocycles. The summed E-state index contributed by atoms with van der Waals surface area (Å²) in [5, 5.41) is 2.85. The number of nitrogens with one attached hydrogen (secondary N) is 1. The molecule has 1 N–H and O–H groups in total. The maximum atomic E-state index is 13.7. The van der Waals surface area contributed by atoms with Crippen molar-refractivity contribution in [2.24, 2.45) is 0 Å². The number of nitrogens with zero attached hydrogens (tertiary/aromatic N) is 3. The Hall–Kier alpha value is -4.73. The molecule has 2 aromatic carbocycles. The van der Waals surface area contributed by atoms with E-state index >= 15 is 0 Å². The van der Waals surface area contributed by atoms with Gasteiger partial charge in [-0.05, 0) is 42.3 Å². The summed E-state index contributed by atoms with van der Waals surface area (Å²) in [6.07, 6.45) is 3.54. The molecular weight excluding hydrogens is 476 g/mol. The number of aromatic nitrogens is 1. The third-order valence-corrected chi connectivity index (χ3v) is 6.27. The molecule has 3 aromatic rings. The SMILES string of the molecule is CC[C@H](C(=O)Nc1ccc2c(c1)OCO2)N(Cc1cccnc1)C(=O)CN1C(=O)C(=O)c2ccccc21. The van der Waals surface area contributed by atoms with E-state index in [0.717, 1.165) is 5.56 Å². The highest BCUT2D eigenvalue weighted by Gasteiger charge is 2.38. The number of benzene rings is 2. The van der Waals surface area contributed by atoms with Crippen LogP contribution in [-0.4, -0.2) is 52.8 Å². The second-order valence-electron chi connectivity index (χ2n) is 8.60. The highest BCUT2D eigenvalue weighted by atomic mass is 16.7. The molecule has 0 unspecified atom stereocenters. The summed E-state index contributed by atoms with van der Waals surface area (Å²) in [6, 6.07) is 14.3. The lowest BCUT2D eigenvalue weighted by molar-refractivity contribution is -0.138. The largest absolute Gasteiger partial charge is 0.454 e. The summed E-state index contributed by atoms with van der Waals surface area (Å²) in [6.45, 7) is 1.62. The summed E-state index contributed by atoms with van der Waals surface area (Å²) in [5.41, 5.74) is 1.85. The molecule has 188 valence electrons. The summed E-state index contributed by atoms with van der Waals surface area (Å²) < 4.78 is 10.7. The van der Waals surface area contributed by atoms with E-state index in [1.165, 1.54) is 9.80 Å². The second-order valence-corrected chi connectivity index (χ2v) is 8.60. The van der Waals surface area contributed by atoms with E-state index in [-0.39, 0.29) is 25.4 Å². The first-order valence-corrected chi connectivity index (χ1v) is 11.8. The lowest BCUT2D eigenvalue weighted by atomic mass is 10.1. The Kier molecular flexibility index (Phi) is 6.55. The van der Waals surface area contributed by atoms with Crippen LogP contribution in [0.25, 0.3) is 0 Å². The smallest absolute Gasteiger partial charge is 0.299 e. The molecular formula is C27H24N4O6. The number of ketones is 1. The van der Waals surface area contributed by atoms with Gasteiger partial charge < -0.3 is 19.7 Å². The van der Waals surface area contributed by atoms with Crippen molar-refractivity contribution >= 4 is 34.9 Å². The number of anilines is 2. The summed E-state index contributed by atoms with van der Waals surface area (Å²) >= 11 is 0. The predicted molar refractivity (Wildman–Crippen MR) is 133 cm³/mol. The first kappa shape index (κ1) is 24.0. The molecule has 0 saturated heterocycles. The lowest BCUT2D eigenvalue weighted by Gasteiger charge is -2.32. The average molecular weight is 501 g/mol. The van der Waals surface area contributed by atoms with Crippen molar-refractivity contribution in [3.63, 3.8) is 0 Å². The minimum absolute atomic E-state index is 0.0946. The molecule has 10 nitrogen and oxygen atoms in total. The zero-order chi connectivity index (χ0) is 25.9. The first-order valence-electron chi connectivity index (χ1n) is 11.8. The molecule has 0 bridgehead atoms. The van der Waals surface area contributed by atoms with Crippen LogP contribution >= 0.6 is 0 Å². The van der Waals surface area contributed by atoms with E-state index in [9.17, 15) is 19.2 Å². The molecule has 37 heavy (non-hydrogen) atoms. The van der Waals surface area contributed by atoms with E-state index in [1.54, 1.807) is 73.9 Å². The topological polar surface area (TPSA) is 118 Å². The molecule has 3 heterocycles. The lowest BCUT2D eigenvalue weighted by Crippen LogP contribution is -2.50. The summed E-state index contributed by atoms with van der Waals surface area (Å²) in [4.78, 5) is 58.9. The van der Waals surface area contributed by atoms with E-state index < -0.39 is 29.5 Å². The number of rotatable bonds is 8. The van der Waals surface area contributed by atoms with Gasteiger partial charge in [0.2, 0.25) is 18.6 Å². The molecule has 5 rings (SSSR count). The number of amides is 3. The average Bonchev–Trinajstić information content (AvgIpc) is 3.47. The summed E-state index contributed by atoms with van der Waals surface area (Å²) in [7, 11) is 0. The minimum Gasteiger partial charge on any atom is -0.454 e. The van der Waals surface area contributed by atoms with Crippen LogP contribution in [0.2, 0.25) is 0 Å². The molecule has 0 fully saturated rings. The van der Waals surface area contributed by atoms with Gasteiger partial charge in [-0.25, -0.2) is 0 Å². The number of ether oxygens (including phenoxy) is 2. The van der Waals surface area contributed by atoms with Crippen molar-refractivity contribution in [1.29, 1.82) is 0 Å². The molecule has 2 aliphatic heterocycles. The van der Waals surface area contributed by atoms with Crippen molar-refractivity contribution in [3.05, 3.63) is 78.1 Å². The highest BCUT2D eigenvalue weighted by Crippen LogP contribution is 2.34. The van der Waals surface area contributed by atoms with Crippen LogP contribution < -0.4 is 19.7 Å². The maximum absolute atomic E-state index is 13.7. The molecule has 1 aromatic heterocycles. The van der Waals surface area contributed by atoms with Crippen LogP contribution in [0.15, 0.2) is 67.0 Å². The van der Waals surface area contributed by atoms with Gasteiger partial charge in [-0.15, -0.1) is 0 Å². The Morgan fingerprint density at radius 3 is 2.68 bits per heavy atom. The number of pyridine rings is 1. The molecule has 10 heteroatoms.